The summed E-state index contributed by atoms with van der Waals surface area (Å²) in [5, 5.41) is 0. The number of halogens is 2. The molecule has 1 heterocycles. The second kappa shape index (κ2) is 9.03. The van der Waals surface area contributed by atoms with Gasteiger partial charge in [0.2, 0.25) is 5.91 Å². The van der Waals surface area contributed by atoms with Gasteiger partial charge in [-0.1, -0.05) is 6.92 Å². The fourth-order valence-corrected chi connectivity index (χ4v) is 5.76. The highest BCUT2D eigenvalue weighted by atomic mass is 79.9. The molecule has 2 aliphatic rings. The van der Waals surface area contributed by atoms with Crippen LogP contribution in [-0.2, 0) is 9.53 Å². The van der Waals surface area contributed by atoms with E-state index in [1.54, 1.807) is 4.90 Å². The molecule has 0 N–H and O–H groups in total. The summed E-state index contributed by atoms with van der Waals surface area (Å²) < 4.78 is 19.4. The van der Waals surface area contributed by atoms with Crippen LogP contribution >= 0.6 is 27.3 Å². The van der Waals surface area contributed by atoms with Crippen LogP contribution in [0.1, 0.15) is 68.0 Å². The maximum atomic E-state index is 13.7. The Labute approximate surface area is 172 Å². The van der Waals surface area contributed by atoms with E-state index < -0.39 is 12.1 Å². The van der Waals surface area contributed by atoms with Crippen molar-refractivity contribution in [2.45, 2.75) is 70.5 Å². The number of rotatable bonds is 4. The molecule has 0 atom stereocenters. The largest absolute Gasteiger partial charge is 0.465 e. The molecule has 0 spiro atoms. The van der Waals surface area contributed by atoms with E-state index in [0.717, 1.165) is 29.5 Å². The van der Waals surface area contributed by atoms with Crippen LogP contribution in [0.15, 0.2) is 9.85 Å². The van der Waals surface area contributed by atoms with Gasteiger partial charge in [0.05, 0.1) is 16.6 Å². The number of carbonyl (C=O) groups is 2. The molecule has 4 nitrogen and oxygen atoms in total. The molecule has 2 saturated carbocycles. The predicted molar refractivity (Wildman–Crippen MR) is 109 cm³/mol. The van der Waals surface area contributed by atoms with Gasteiger partial charge in [0.1, 0.15) is 11.0 Å². The van der Waals surface area contributed by atoms with Crippen molar-refractivity contribution in [1.29, 1.82) is 0 Å². The average Bonchev–Trinajstić information content (AvgIpc) is 3.04. The molecule has 27 heavy (non-hydrogen) atoms. The van der Waals surface area contributed by atoms with E-state index in [1.165, 1.54) is 18.4 Å². The van der Waals surface area contributed by atoms with Crippen LogP contribution in [0.3, 0.4) is 0 Å². The van der Waals surface area contributed by atoms with Gasteiger partial charge >= 0.3 is 5.97 Å². The van der Waals surface area contributed by atoms with Crippen molar-refractivity contribution in [3.05, 3.63) is 14.7 Å². The Morgan fingerprint density at radius 1 is 1.15 bits per heavy atom. The molecular formula is C20H27BrFNO3S. The molecule has 2 fully saturated rings. The van der Waals surface area contributed by atoms with E-state index >= 15 is 0 Å². The van der Waals surface area contributed by atoms with Gasteiger partial charge in [-0.15, -0.1) is 11.3 Å². The van der Waals surface area contributed by atoms with Crippen molar-refractivity contribution in [3.8, 4) is 0 Å². The minimum absolute atomic E-state index is 0.0199. The molecule has 3 rings (SSSR count). The molecule has 7 heteroatoms. The maximum Gasteiger partial charge on any atom is 0.350 e. The van der Waals surface area contributed by atoms with Crippen molar-refractivity contribution in [2.75, 3.05) is 12.0 Å². The Morgan fingerprint density at radius 3 is 2.37 bits per heavy atom. The van der Waals surface area contributed by atoms with E-state index in [0.29, 0.717) is 42.2 Å². The van der Waals surface area contributed by atoms with Crippen LogP contribution in [0.5, 0.6) is 0 Å². The lowest BCUT2D eigenvalue weighted by molar-refractivity contribution is -0.124. The first-order valence-electron chi connectivity index (χ1n) is 9.75. The highest BCUT2D eigenvalue weighted by Gasteiger charge is 2.37. The van der Waals surface area contributed by atoms with Crippen LogP contribution in [0.4, 0.5) is 10.1 Å². The molecule has 0 saturated heterocycles. The molecule has 1 aromatic rings. The first kappa shape index (κ1) is 20.8. The Balaban J connectivity index is 1.93. The summed E-state index contributed by atoms with van der Waals surface area (Å²) in [7, 11) is 1.35. The SMILES string of the molecule is COC(=O)c1sc(Br)cc1N(C(=O)[C@H]1CC[C@H](C)CC1)[C@H]1CC[C@H](F)CC1. The van der Waals surface area contributed by atoms with Gasteiger partial charge in [0, 0.05) is 12.0 Å². The van der Waals surface area contributed by atoms with Crippen molar-refractivity contribution in [1.82, 2.24) is 0 Å². The number of hydrogen-bond donors (Lipinski definition) is 0. The zero-order valence-electron chi connectivity index (χ0n) is 15.9. The molecule has 150 valence electrons. The van der Waals surface area contributed by atoms with Gasteiger partial charge in [0.25, 0.3) is 0 Å². The minimum Gasteiger partial charge on any atom is -0.465 e. The second-order valence-corrected chi connectivity index (χ2v) is 10.3. The van der Waals surface area contributed by atoms with Crippen LogP contribution < -0.4 is 4.90 Å². The van der Waals surface area contributed by atoms with E-state index in [9.17, 15) is 14.0 Å². The summed E-state index contributed by atoms with van der Waals surface area (Å²) in [4.78, 5) is 28.1. The monoisotopic (exact) mass is 459 g/mol. The van der Waals surface area contributed by atoms with Crippen LogP contribution in [-0.4, -0.2) is 31.2 Å². The number of hydrogen-bond acceptors (Lipinski definition) is 4. The number of anilines is 1. The number of esters is 1. The molecule has 0 aliphatic heterocycles. The zero-order chi connectivity index (χ0) is 19.6. The van der Waals surface area contributed by atoms with Crippen molar-refractivity contribution < 1.29 is 18.7 Å². The van der Waals surface area contributed by atoms with E-state index in [4.69, 9.17) is 4.74 Å². The molecule has 1 aromatic heterocycles. The molecule has 0 radical (unpaired) electrons. The first-order chi connectivity index (χ1) is 12.9. The summed E-state index contributed by atoms with van der Waals surface area (Å²) >= 11 is 4.73. The number of alkyl halides is 1. The number of nitrogens with zero attached hydrogens (tertiary/aromatic N) is 1. The van der Waals surface area contributed by atoms with Crippen LogP contribution in [0.2, 0.25) is 0 Å². The topological polar surface area (TPSA) is 46.6 Å². The van der Waals surface area contributed by atoms with Gasteiger partial charge in [-0.05, 0) is 79.3 Å². The summed E-state index contributed by atoms with van der Waals surface area (Å²) in [5.41, 5.74) is 0.615. The zero-order valence-corrected chi connectivity index (χ0v) is 18.3. The average molecular weight is 460 g/mol. The molecule has 2 aliphatic carbocycles. The summed E-state index contributed by atoms with van der Waals surface area (Å²) in [6.07, 6.45) is 5.28. The molecule has 0 aromatic carbocycles. The number of methoxy groups -OCH3 is 1. The Hall–Kier alpha value is -0.950. The van der Waals surface area contributed by atoms with Crippen molar-refractivity contribution >= 4 is 44.8 Å². The second-order valence-electron chi connectivity index (χ2n) is 7.83. The Kier molecular flexibility index (Phi) is 6.95. The normalized spacial score (nSPS) is 28.6. The lowest BCUT2D eigenvalue weighted by Crippen LogP contribution is -2.46. The third-order valence-corrected chi connectivity index (χ3v) is 7.51. The quantitative estimate of drug-likeness (QED) is 0.539. The standard InChI is InChI=1S/C20H27BrFNO3S/c1-12-3-5-13(6-4-12)19(24)23(15-9-7-14(22)8-10-15)16-11-17(21)27-18(16)20(25)26-2/h11-15H,3-10H2,1-2H3/t12-,13-,14-,15-. The maximum absolute atomic E-state index is 13.7. The lowest BCUT2D eigenvalue weighted by Gasteiger charge is -2.38. The Bertz CT molecular complexity index is 679. The van der Waals surface area contributed by atoms with Crippen LogP contribution in [0.25, 0.3) is 0 Å². The smallest absolute Gasteiger partial charge is 0.350 e. The van der Waals surface area contributed by atoms with E-state index in [1.807, 2.05) is 6.07 Å². The minimum atomic E-state index is -0.789. The van der Waals surface area contributed by atoms with Gasteiger partial charge in [-0.2, -0.15) is 0 Å². The molecule has 0 unspecified atom stereocenters. The van der Waals surface area contributed by atoms with Gasteiger partial charge in [-0.3, -0.25) is 4.79 Å². The van der Waals surface area contributed by atoms with Crippen molar-refractivity contribution in [2.24, 2.45) is 11.8 Å². The fourth-order valence-electron chi connectivity index (χ4n) is 4.26. The number of amides is 1. The summed E-state index contributed by atoms with van der Waals surface area (Å²) in [5.74, 6) is 0.286. The summed E-state index contributed by atoms with van der Waals surface area (Å²) in [6.45, 7) is 2.23. The number of carbonyl (C=O) groups excluding carboxylic acids is 2. The first-order valence-corrected chi connectivity index (χ1v) is 11.4. The van der Waals surface area contributed by atoms with Gasteiger partial charge < -0.3 is 9.64 Å². The third-order valence-electron chi connectivity index (χ3n) is 5.91. The number of ether oxygens (including phenoxy) is 1. The highest BCUT2D eigenvalue weighted by molar-refractivity contribution is 9.11. The van der Waals surface area contributed by atoms with Crippen molar-refractivity contribution in [3.63, 3.8) is 0 Å². The fraction of sp³-hybridized carbons (Fsp3) is 0.700. The lowest BCUT2D eigenvalue weighted by atomic mass is 9.81. The highest BCUT2D eigenvalue weighted by Crippen LogP contribution is 2.40. The number of thiophene rings is 1. The molecule has 1 amide bonds. The third kappa shape index (κ3) is 4.73. The van der Waals surface area contributed by atoms with E-state index in [-0.39, 0.29) is 17.9 Å². The molecular weight excluding hydrogens is 433 g/mol. The van der Waals surface area contributed by atoms with Gasteiger partial charge in [0.15, 0.2) is 0 Å². The summed E-state index contributed by atoms with van der Waals surface area (Å²) in [6, 6.07) is 1.77. The van der Waals surface area contributed by atoms with Crippen LogP contribution in [0, 0.1) is 11.8 Å². The predicted octanol–water partition coefficient (Wildman–Crippen LogP) is 5.74. The molecule has 0 bridgehead atoms. The van der Waals surface area contributed by atoms with E-state index in [2.05, 4.69) is 22.9 Å². The Morgan fingerprint density at radius 2 is 1.78 bits per heavy atom. The van der Waals surface area contributed by atoms with Gasteiger partial charge in [-0.25, -0.2) is 9.18 Å².